The predicted octanol–water partition coefficient (Wildman–Crippen LogP) is 3.17. The Balaban J connectivity index is 2.34. The third-order valence-corrected chi connectivity index (χ3v) is 6.33. The highest BCUT2D eigenvalue weighted by Gasteiger charge is 2.27. The van der Waals surface area contributed by atoms with E-state index in [1.807, 2.05) is 14.0 Å². The first-order valence-electron chi connectivity index (χ1n) is 9.09. The molecular weight excluding hydrogens is 380 g/mol. The summed E-state index contributed by atoms with van der Waals surface area (Å²) >= 11 is 0. The van der Waals surface area contributed by atoms with Crippen molar-refractivity contribution >= 4 is 27.1 Å². The van der Waals surface area contributed by atoms with Gasteiger partial charge >= 0.3 is 0 Å². The minimum Gasteiger partial charge on any atom is -0.378 e. The molecule has 0 radical (unpaired) electrons. The van der Waals surface area contributed by atoms with Crippen molar-refractivity contribution in [2.24, 2.45) is 0 Å². The summed E-state index contributed by atoms with van der Waals surface area (Å²) in [6, 6.07) is 12.6. The first-order chi connectivity index (χ1) is 13.3. The molecule has 8 nitrogen and oxygen atoms in total. The third-order valence-electron chi connectivity index (χ3n) is 4.43. The zero-order valence-corrected chi connectivity index (χ0v) is 17.1. The summed E-state index contributed by atoms with van der Waals surface area (Å²) in [5.74, 6) is 0. The number of nitro groups is 1. The van der Waals surface area contributed by atoms with Gasteiger partial charge in [0.2, 0.25) is 0 Å². The molecule has 0 aliphatic heterocycles. The molecule has 152 valence electrons. The van der Waals surface area contributed by atoms with Crippen molar-refractivity contribution < 1.29 is 13.3 Å². The molecular formula is C19H26N4O4S. The highest BCUT2D eigenvalue weighted by Crippen LogP contribution is 2.30. The lowest BCUT2D eigenvalue weighted by molar-refractivity contribution is -0.384. The van der Waals surface area contributed by atoms with Crippen molar-refractivity contribution in [3.63, 3.8) is 0 Å². The van der Waals surface area contributed by atoms with Crippen molar-refractivity contribution in [1.29, 1.82) is 0 Å². The van der Waals surface area contributed by atoms with Crippen molar-refractivity contribution in [2.45, 2.75) is 18.7 Å². The lowest BCUT2D eigenvalue weighted by Crippen LogP contribution is -2.30. The Morgan fingerprint density at radius 3 is 2.32 bits per heavy atom. The van der Waals surface area contributed by atoms with Gasteiger partial charge in [-0.2, -0.15) is 0 Å². The van der Waals surface area contributed by atoms with Crippen LogP contribution >= 0.6 is 0 Å². The number of nitro benzene ring substituents is 1. The molecule has 2 aromatic carbocycles. The Labute approximate surface area is 166 Å². The Morgan fingerprint density at radius 2 is 1.75 bits per heavy atom. The molecule has 0 amide bonds. The monoisotopic (exact) mass is 406 g/mol. The average Bonchev–Trinajstić information content (AvgIpc) is 2.68. The molecule has 2 aromatic rings. The zero-order chi connectivity index (χ0) is 20.7. The van der Waals surface area contributed by atoms with Gasteiger partial charge in [0.1, 0.15) is 5.69 Å². The summed E-state index contributed by atoms with van der Waals surface area (Å²) in [5.41, 5.74) is 0.554. The average molecular weight is 407 g/mol. The fourth-order valence-corrected chi connectivity index (χ4v) is 4.22. The van der Waals surface area contributed by atoms with Gasteiger partial charge in [0, 0.05) is 25.7 Å². The summed E-state index contributed by atoms with van der Waals surface area (Å²) < 4.78 is 27.4. The zero-order valence-electron chi connectivity index (χ0n) is 16.3. The number of anilines is 2. The van der Waals surface area contributed by atoms with E-state index in [0.29, 0.717) is 24.5 Å². The normalized spacial score (nSPS) is 11.4. The second-order valence-electron chi connectivity index (χ2n) is 6.26. The number of benzene rings is 2. The minimum absolute atomic E-state index is 0.110. The quantitative estimate of drug-likeness (QED) is 0.481. The van der Waals surface area contributed by atoms with Gasteiger partial charge in [-0.15, -0.1) is 0 Å². The van der Waals surface area contributed by atoms with Crippen LogP contribution in [0.1, 0.15) is 13.8 Å². The first kappa shape index (κ1) is 21.6. The number of hydrogen-bond donors (Lipinski definition) is 1. The lowest BCUT2D eigenvalue weighted by atomic mass is 10.2. The minimum atomic E-state index is -3.92. The fourth-order valence-electron chi connectivity index (χ4n) is 2.72. The number of likely N-dealkylation sites (N-methyl/N-ethyl adjacent to an activating group) is 1. The molecule has 9 heteroatoms. The molecule has 0 saturated carbocycles. The van der Waals surface area contributed by atoms with Gasteiger partial charge in [-0.05, 0) is 44.8 Å². The van der Waals surface area contributed by atoms with Crippen LogP contribution in [-0.4, -0.2) is 51.5 Å². The third kappa shape index (κ3) is 4.99. The molecule has 2 rings (SSSR count). The molecule has 0 aromatic heterocycles. The highest BCUT2D eigenvalue weighted by atomic mass is 32.2. The maximum atomic E-state index is 13.1. The van der Waals surface area contributed by atoms with Crippen LogP contribution in [0.2, 0.25) is 0 Å². The number of nitrogens with one attached hydrogen (secondary N) is 1. The maximum absolute atomic E-state index is 13.1. The number of sulfonamides is 1. The van der Waals surface area contributed by atoms with E-state index in [2.05, 4.69) is 10.2 Å². The summed E-state index contributed by atoms with van der Waals surface area (Å²) in [6.07, 6.45) is 0. The molecule has 0 fully saturated rings. The van der Waals surface area contributed by atoms with E-state index in [1.165, 1.54) is 16.4 Å². The van der Waals surface area contributed by atoms with E-state index < -0.39 is 14.9 Å². The van der Waals surface area contributed by atoms with E-state index in [-0.39, 0.29) is 17.1 Å². The van der Waals surface area contributed by atoms with Gasteiger partial charge < -0.3 is 10.2 Å². The molecule has 0 saturated heterocycles. The topological polar surface area (TPSA) is 95.8 Å². The second kappa shape index (κ2) is 9.52. The second-order valence-corrected chi connectivity index (χ2v) is 8.13. The van der Waals surface area contributed by atoms with E-state index in [1.54, 1.807) is 37.3 Å². The highest BCUT2D eigenvalue weighted by molar-refractivity contribution is 7.92. The van der Waals surface area contributed by atoms with Crippen LogP contribution in [0.5, 0.6) is 0 Å². The molecule has 0 atom stereocenters. The molecule has 0 aliphatic rings. The van der Waals surface area contributed by atoms with Crippen molar-refractivity contribution in [3.05, 3.63) is 58.6 Å². The van der Waals surface area contributed by atoms with Crippen LogP contribution in [0.25, 0.3) is 0 Å². The van der Waals surface area contributed by atoms with Crippen LogP contribution in [-0.2, 0) is 10.0 Å². The van der Waals surface area contributed by atoms with Crippen molar-refractivity contribution in [3.8, 4) is 0 Å². The van der Waals surface area contributed by atoms with E-state index in [9.17, 15) is 18.5 Å². The van der Waals surface area contributed by atoms with Gasteiger partial charge in [0.15, 0.2) is 0 Å². The first-order valence-corrected chi connectivity index (χ1v) is 10.5. The molecule has 0 bridgehead atoms. The molecule has 1 N–H and O–H groups in total. The van der Waals surface area contributed by atoms with Crippen LogP contribution in [0.3, 0.4) is 0 Å². The van der Waals surface area contributed by atoms with Crippen LogP contribution in [0, 0.1) is 10.1 Å². The molecule has 0 heterocycles. The smallest absolute Gasteiger partial charge is 0.293 e. The van der Waals surface area contributed by atoms with Gasteiger partial charge in [0.25, 0.3) is 15.7 Å². The van der Waals surface area contributed by atoms with E-state index >= 15 is 0 Å². The molecule has 0 unspecified atom stereocenters. The Morgan fingerprint density at radius 1 is 1.07 bits per heavy atom. The van der Waals surface area contributed by atoms with Gasteiger partial charge in [-0.3, -0.25) is 14.4 Å². The maximum Gasteiger partial charge on any atom is 0.293 e. The van der Waals surface area contributed by atoms with E-state index in [4.69, 9.17) is 0 Å². The summed E-state index contributed by atoms with van der Waals surface area (Å²) in [4.78, 5) is 12.9. The predicted molar refractivity (Wildman–Crippen MR) is 111 cm³/mol. The van der Waals surface area contributed by atoms with Crippen molar-refractivity contribution in [2.75, 3.05) is 42.8 Å². The summed E-state index contributed by atoms with van der Waals surface area (Å²) in [5, 5.41) is 14.5. The lowest BCUT2D eigenvalue weighted by Gasteiger charge is -2.23. The molecule has 0 aliphatic carbocycles. The Bertz CT molecular complexity index is 903. The summed E-state index contributed by atoms with van der Waals surface area (Å²) in [6.45, 7) is 6.05. The number of para-hydroxylation sites is 1. The van der Waals surface area contributed by atoms with Crippen LogP contribution in [0.15, 0.2) is 53.4 Å². The van der Waals surface area contributed by atoms with Crippen LogP contribution < -0.4 is 9.62 Å². The largest absolute Gasteiger partial charge is 0.378 e. The summed E-state index contributed by atoms with van der Waals surface area (Å²) in [7, 11) is -1.97. The van der Waals surface area contributed by atoms with Gasteiger partial charge in [-0.1, -0.05) is 25.1 Å². The van der Waals surface area contributed by atoms with E-state index in [0.717, 1.165) is 12.6 Å². The standard InChI is InChI=1S/C19H26N4O4S/c1-4-21(3)14-13-20-18-12-11-17(15-19(18)23(24)25)28(26,27)22(5-2)16-9-7-6-8-10-16/h6-12,15,20H,4-5,13-14H2,1-3H3. The number of nitrogens with zero attached hydrogens (tertiary/aromatic N) is 3. The van der Waals surface area contributed by atoms with Gasteiger partial charge in [0.05, 0.1) is 15.5 Å². The fraction of sp³-hybridized carbons (Fsp3) is 0.368. The molecule has 0 spiro atoms. The SMILES string of the molecule is CCN(C)CCNc1ccc(S(=O)(=O)N(CC)c2ccccc2)cc1[N+](=O)[O-]. The van der Waals surface area contributed by atoms with Crippen molar-refractivity contribution in [1.82, 2.24) is 4.90 Å². The van der Waals surface area contributed by atoms with Gasteiger partial charge in [-0.25, -0.2) is 8.42 Å². The van der Waals surface area contributed by atoms with Crippen LogP contribution in [0.4, 0.5) is 17.1 Å². The number of hydrogen-bond acceptors (Lipinski definition) is 6. The Kier molecular flexibility index (Phi) is 7.36. The Hall–Kier alpha value is -2.65. The number of rotatable bonds is 10. The molecule has 28 heavy (non-hydrogen) atoms.